The lowest BCUT2D eigenvalue weighted by Crippen LogP contribution is -1.91. The van der Waals surface area contributed by atoms with Gasteiger partial charge in [0, 0.05) is 46.7 Å². The number of benzene rings is 1. The first-order valence-corrected chi connectivity index (χ1v) is 7.58. The van der Waals surface area contributed by atoms with Crippen molar-refractivity contribution in [2.24, 2.45) is 0 Å². The van der Waals surface area contributed by atoms with Gasteiger partial charge in [0.05, 0.1) is 19.7 Å². The molecule has 5 heteroatoms. The van der Waals surface area contributed by atoms with Crippen LogP contribution >= 0.6 is 0 Å². The van der Waals surface area contributed by atoms with Crippen LogP contribution in [0.1, 0.15) is 0 Å². The molecule has 0 fully saturated rings. The predicted molar refractivity (Wildman–Crippen MR) is 96.5 cm³/mol. The molecular weight excluding hydrogens is 302 g/mol. The van der Waals surface area contributed by atoms with Gasteiger partial charge >= 0.3 is 0 Å². The molecule has 0 aliphatic rings. The number of ether oxygens (including phenoxy) is 2. The van der Waals surface area contributed by atoms with Crippen molar-refractivity contribution in [2.45, 2.75) is 0 Å². The monoisotopic (exact) mass is 319 g/mol. The molecule has 4 aromatic rings. The molecule has 0 atom stereocenters. The highest BCUT2D eigenvalue weighted by Gasteiger charge is 2.15. The second kappa shape index (κ2) is 5.45. The fraction of sp³-hybridized carbons (Fsp3) is 0.105. The lowest BCUT2D eigenvalue weighted by atomic mass is 10.1. The molecular formula is C19H17N3O2. The minimum atomic E-state index is 0.691. The number of H-pyrrole nitrogens is 1. The average molecular weight is 319 g/mol. The highest BCUT2D eigenvalue weighted by atomic mass is 16.5. The molecule has 1 N–H and O–H groups in total. The summed E-state index contributed by atoms with van der Waals surface area (Å²) in [5.74, 6) is 1.39. The summed E-state index contributed by atoms with van der Waals surface area (Å²) in [5.41, 5.74) is 3.93. The van der Waals surface area contributed by atoms with Crippen LogP contribution in [-0.2, 0) is 0 Å². The number of aromatic amines is 1. The zero-order valence-corrected chi connectivity index (χ0v) is 13.5. The van der Waals surface area contributed by atoms with E-state index in [4.69, 9.17) is 9.47 Å². The topological polar surface area (TPSA) is 52.1 Å². The number of aromatic nitrogens is 3. The zero-order valence-electron chi connectivity index (χ0n) is 13.5. The van der Waals surface area contributed by atoms with Crippen LogP contribution in [0.2, 0.25) is 0 Å². The highest BCUT2D eigenvalue weighted by molar-refractivity contribution is 6.00. The average Bonchev–Trinajstić information content (AvgIpc) is 3.20. The van der Waals surface area contributed by atoms with Crippen LogP contribution in [0, 0.1) is 0 Å². The number of methoxy groups -OCH3 is 2. The minimum Gasteiger partial charge on any atom is -0.493 e. The number of nitrogens with one attached hydrogen (secondary N) is 1. The Kier molecular flexibility index (Phi) is 3.27. The second-order valence-corrected chi connectivity index (χ2v) is 5.48. The van der Waals surface area contributed by atoms with Gasteiger partial charge < -0.3 is 19.0 Å². The van der Waals surface area contributed by atoms with Crippen LogP contribution in [0.4, 0.5) is 0 Å². The van der Waals surface area contributed by atoms with Crippen LogP contribution < -0.4 is 9.47 Å². The van der Waals surface area contributed by atoms with Gasteiger partial charge in [-0.25, -0.2) is 4.98 Å². The Morgan fingerprint density at radius 1 is 1.17 bits per heavy atom. The molecule has 0 amide bonds. The lowest BCUT2D eigenvalue weighted by Gasteiger charge is -2.08. The van der Waals surface area contributed by atoms with Crippen LogP contribution in [0.5, 0.6) is 11.5 Å². The number of fused-ring (bicyclic) bond motifs is 2. The number of rotatable bonds is 4. The normalized spacial score (nSPS) is 11.1. The van der Waals surface area contributed by atoms with Gasteiger partial charge in [0.1, 0.15) is 5.65 Å². The van der Waals surface area contributed by atoms with Crippen LogP contribution in [-0.4, -0.2) is 28.8 Å². The third-order valence-corrected chi connectivity index (χ3v) is 4.22. The van der Waals surface area contributed by atoms with Gasteiger partial charge in [0.25, 0.3) is 0 Å². The maximum Gasteiger partial charge on any atom is 0.162 e. The SMILES string of the molecule is C=Cn1cc(-c2cc3cccnc3[nH]2)c2cc(OC)c(OC)cc21. The van der Waals surface area contributed by atoms with Gasteiger partial charge in [-0.1, -0.05) is 6.58 Å². The van der Waals surface area contributed by atoms with E-state index in [1.165, 1.54) is 0 Å². The molecule has 120 valence electrons. The summed E-state index contributed by atoms with van der Waals surface area (Å²) >= 11 is 0. The van der Waals surface area contributed by atoms with Crippen LogP contribution in [0.3, 0.4) is 0 Å². The Labute approximate surface area is 139 Å². The molecule has 24 heavy (non-hydrogen) atoms. The summed E-state index contributed by atoms with van der Waals surface area (Å²) < 4.78 is 12.8. The Bertz CT molecular complexity index is 1030. The smallest absolute Gasteiger partial charge is 0.162 e. The molecule has 3 heterocycles. The van der Waals surface area contributed by atoms with Gasteiger partial charge in [-0.3, -0.25) is 0 Å². The van der Waals surface area contributed by atoms with E-state index >= 15 is 0 Å². The van der Waals surface area contributed by atoms with Gasteiger partial charge in [-0.15, -0.1) is 0 Å². The fourth-order valence-corrected chi connectivity index (χ4v) is 3.04. The molecule has 1 aromatic carbocycles. The number of hydrogen-bond acceptors (Lipinski definition) is 3. The lowest BCUT2D eigenvalue weighted by molar-refractivity contribution is 0.356. The molecule has 0 saturated carbocycles. The predicted octanol–water partition coefficient (Wildman–Crippen LogP) is 4.30. The summed E-state index contributed by atoms with van der Waals surface area (Å²) in [6.45, 7) is 3.90. The second-order valence-electron chi connectivity index (χ2n) is 5.48. The van der Waals surface area contributed by atoms with E-state index in [1.54, 1.807) is 26.6 Å². The summed E-state index contributed by atoms with van der Waals surface area (Å²) in [6, 6.07) is 10.0. The molecule has 0 spiro atoms. The van der Waals surface area contributed by atoms with E-state index < -0.39 is 0 Å². The van der Waals surface area contributed by atoms with Crippen molar-refractivity contribution in [1.82, 2.24) is 14.5 Å². The maximum absolute atomic E-state index is 5.45. The van der Waals surface area contributed by atoms with Crippen LogP contribution in [0.25, 0.3) is 39.4 Å². The number of pyridine rings is 1. The van der Waals surface area contributed by atoms with Crippen molar-refractivity contribution in [2.75, 3.05) is 14.2 Å². The highest BCUT2D eigenvalue weighted by Crippen LogP contribution is 2.38. The van der Waals surface area contributed by atoms with Gasteiger partial charge in [-0.2, -0.15) is 0 Å². The van der Waals surface area contributed by atoms with E-state index in [2.05, 4.69) is 22.6 Å². The third-order valence-electron chi connectivity index (χ3n) is 4.22. The fourth-order valence-electron chi connectivity index (χ4n) is 3.04. The summed E-state index contributed by atoms with van der Waals surface area (Å²) in [5, 5.41) is 2.13. The van der Waals surface area contributed by atoms with E-state index in [0.29, 0.717) is 11.5 Å². The Balaban J connectivity index is 2.02. The standard InChI is InChI=1S/C19H17N3O2/c1-4-22-11-14(15-8-12-6-5-7-20-19(12)21-15)13-9-17(23-2)18(24-3)10-16(13)22/h4-11H,1H2,2-3H3,(H,20,21). The van der Waals surface area contributed by atoms with Crippen molar-refractivity contribution in [3.8, 4) is 22.8 Å². The molecule has 0 aliphatic heterocycles. The van der Waals surface area contributed by atoms with Crippen molar-refractivity contribution in [1.29, 1.82) is 0 Å². The Morgan fingerprint density at radius 2 is 1.96 bits per heavy atom. The Hall–Kier alpha value is -3.21. The summed E-state index contributed by atoms with van der Waals surface area (Å²) in [7, 11) is 3.27. The van der Waals surface area contributed by atoms with E-state index in [9.17, 15) is 0 Å². The molecule has 0 radical (unpaired) electrons. The van der Waals surface area contributed by atoms with Crippen molar-refractivity contribution in [3.63, 3.8) is 0 Å². The van der Waals surface area contributed by atoms with Gasteiger partial charge in [0.2, 0.25) is 0 Å². The quantitative estimate of drug-likeness (QED) is 0.610. The third kappa shape index (κ3) is 2.06. The number of nitrogens with zero attached hydrogens (tertiary/aromatic N) is 2. The van der Waals surface area contributed by atoms with Crippen molar-refractivity contribution >= 4 is 28.1 Å². The number of hydrogen-bond donors (Lipinski definition) is 1. The molecule has 0 unspecified atom stereocenters. The molecule has 0 saturated heterocycles. The molecule has 5 nitrogen and oxygen atoms in total. The molecule has 0 bridgehead atoms. The first-order chi connectivity index (χ1) is 11.7. The summed E-state index contributed by atoms with van der Waals surface area (Å²) in [6.07, 6.45) is 5.60. The molecule has 0 aliphatic carbocycles. The first kappa shape index (κ1) is 14.4. The first-order valence-electron chi connectivity index (χ1n) is 7.58. The van der Waals surface area contributed by atoms with E-state index in [1.807, 2.05) is 35.0 Å². The molecule has 4 rings (SSSR count). The van der Waals surface area contributed by atoms with Crippen molar-refractivity contribution in [3.05, 3.63) is 49.3 Å². The minimum absolute atomic E-state index is 0.691. The largest absolute Gasteiger partial charge is 0.493 e. The summed E-state index contributed by atoms with van der Waals surface area (Å²) in [4.78, 5) is 7.74. The zero-order chi connectivity index (χ0) is 16.7. The van der Waals surface area contributed by atoms with Gasteiger partial charge in [0.15, 0.2) is 11.5 Å². The van der Waals surface area contributed by atoms with Crippen LogP contribution in [0.15, 0.2) is 49.3 Å². The Morgan fingerprint density at radius 3 is 2.67 bits per heavy atom. The van der Waals surface area contributed by atoms with E-state index in [-0.39, 0.29) is 0 Å². The van der Waals surface area contributed by atoms with E-state index in [0.717, 1.165) is 33.2 Å². The van der Waals surface area contributed by atoms with Crippen molar-refractivity contribution < 1.29 is 9.47 Å². The maximum atomic E-state index is 5.45. The van der Waals surface area contributed by atoms with Gasteiger partial charge in [-0.05, 0) is 24.3 Å². The molecule has 3 aromatic heterocycles.